The second-order valence-corrected chi connectivity index (χ2v) is 4.93. The molecule has 1 fully saturated rings. The maximum atomic E-state index is 5.30. The van der Waals surface area contributed by atoms with Crippen LogP contribution in [-0.4, -0.2) is 34.7 Å². The monoisotopic (exact) mass is 235 g/mol. The Balaban J connectivity index is 1.74. The van der Waals surface area contributed by atoms with E-state index in [1.165, 1.54) is 0 Å². The first-order valence-corrected chi connectivity index (χ1v) is 6.34. The summed E-state index contributed by atoms with van der Waals surface area (Å²) in [5, 5.41) is 6.04. The first kappa shape index (κ1) is 9.99. The summed E-state index contributed by atoms with van der Waals surface area (Å²) in [5.41, 5.74) is 0. The zero-order valence-electron chi connectivity index (χ0n) is 9.09. The minimum Gasteiger partial charge on any atom is -0.339 e. The van der Waals surface area contributed by atoms with Crippen LogP contribution in [0, 0.1) is 0 Å². The van der Waals surface area contributed by atoms with E-state index in [-0.39, 0.29) is 0 Å². The van der Waals surface area contributed by atoms with Crippen LogP contribution in [0.3, 0.4) is 0 Å². The predicted octanol–water partition coefficient (Wildman–Crippen LogP) is 2.22. The molecule has 16 heavy (non-hydrogen) atoms. The van der Waals surface area contributed by atoms with Crippen molar-refractivity contribution in [2.24, 2.45) is 0 Å². The van der Waals surface area contributed by atoms with Crippen molar-refractivity contribution in [2.45, 2.75) is 12.8 Å². The third-order valence-electron chi connectivity index (χ3n) is 2.94. The second-order valence-electron chi connectivity index (χ2n) is 3.98. The molecule has 0 saturated carbocycles. The highest BCUT2D eigenvalue weighted by atomic mass is 32.1. The molecule has 0 unspecified atom stereocenters. The van der Waals surface area contributed by atoms with Gasteiger partial charge in [-0.3, -0.25) is 0 Å². The molecule has 0 radical (unpaired) electrons. The molecule has 1 saturated heterocycles. The Labute approximate surface area is 97.9 Å². The fourth-order valence-corrected chi connectivity index (χ4v) is 2.54. The Morgan fingerprint density at radius 2 is 2.44 bits per heavy atom. The minimum atomic E-state index is 0.432. The van der Waals surface area contributed by atoms with Gasteiger partial charge in [-0.1, -0.05) is 18.1 Å². The molecular weight excluding hydrogens is 222 g/mol. The van der Waals surface area contributed by atoms with Crippen molar-refractivity contribution in [3.63, 3.8) is 0 Å². The second kappa shape index (κ2) is 3.99. The van der Waals surface area contributed by atoms with Crippen LogP contribution >= 0.6 is 11.3 Å². The van der Waals surface area contributed by atoms with Crippen molar-refractivity contribution in [1.82, 2.24) is 15.0 Å². The third-order valence-corrected chi connectivity index (χ3v) is 3.80. The van der Waals surface area contributed by atoms with Crippen LogP contribution in [0.1, 0.15) is 18.7 Å². The quantitative estimate of drug-likeness (QED) is 0.818. The van der Waals surface area contributed by atoms with E-state index in [4.69, 9.17) is 4.52 Å². The maximum absolute atomic E-state index is 5.30. The van der Waals surface area contributed by atoms with Crippen molar-refractivity contribution in [3.05, 3.63) is 23.4 Å². The van der Waals surface area contributed by atoms with Crippen molar-refractivity contribution in [3.8, 4) is 10.7 Å². The molecule has 84 valence electrons. The molecule has 0 aromatic carbocycles. The molecule has 0 amide bonds. The summed E-state index contributed by atoms with van der Waals surface area (Å²) < 4.78 is 5.30. The van der Waals surface area contributed by atoms with Crippen molar-refractivity contribution < 1.29 is 4.52 Å². The molecular formula is C11H13N3OS. The summed E-state index contributed by atoms with van der Waals surface area (Å²) in [7, 11) is 0. The molecule has 0 bridgehead atoms. The number of thiophene rings is 1. The van der Waals surface area contributed by atoms with Gasteiger partial charge in [-0.25, -0.2) is 0 Å². The standard InChI is InChI=1S/C11H13N3OS/c1-2-14-6-8(7-14)11-12-10(13-15-11)9-4-3-5-16-9/h3-5,8H,2,6-7H2,1H3. The molecule has 3 rings (SSSR count). The van der Waals surface area contributed by atoms with Crippen LogP contribution in [0.4, 0.5) is 0 Å². The minimum absolute atomic E-state index is 0.432. The highest BCUT2D eigenvalue weighted by Gasteiger charge is 2.31. The zero-order chi connectivity index (χ0) is 11.0. The molecule has 0 atom stereocenters. The average molecular weight is 235 g/mol. The van der Waals surface area contributed by atoms with Crippen molar-refractivity contribution in [1.29, 1.82) is 0 Å². The number of likely N-dealkylation sites (N-methyl/N-ethyl adjacent to an activating group) is 1. The van der Waals surface area contributed by atoms with E-state index in [1.54, 1.807) is 11.3 Å². The summed E-state index contributed by atoms with van der Waals surface area (Å²) in [6, 6.07) is 4.01. The summed E-state index contributed by atoms with van der Waals surface area (Å²) >= 11 is 1.64. The lowest BCUT2D eigenvalue weighted by Gasteiger charge is -2.35. The van der Waals surface area contributed by atoms with E-state index in [2.05, 4.69) is 22.0 Å². The van der Waals surface area contributed by atoms with Gasteiger partial charge in [-0.2, -0.15) is 4.98 Å². The molecule has 0 aliphatic carbocycles. The lowest BCUT2D eigenvalue weighted by Crippen LogP contribution is -2.44. The van der Waals surface area contributed by atoms with Gasteiger partial charge in [0.2, 0.25) is 11.7 Å². The average Bonchev–Trinajstić information content (AvgIpc) is 2.85. The molecule has 3 heterocycles. The first-order chi connectivity index (χ1) is 7.86. The molecule has 2 aromatic rings. The Morgan fingerprint density at radius 1 is 1.56 bits per heavy atom. The molecule has 0 N–H and O–H groups in total. The Morgan fingerprint density at radius 3 is 3.12 bits per heavy atom. The van der Waals surface area contributed by atoms with E-state index < -0.39 is 0 Å². The van der Waals surface area contributed by atoms with Gasteiger partial charge in [0.25, 0.3) is 0 Å². The number of rotatable bonds is 3. The topological polar surface area (TPSA) is 42.2 Å². The fourth-order valence-electron chi connectivity index (χ4n) is 1.89. The normalized spacial score (nSPS) is 17.6. The number of nitrogens with zero attached hydrogens (tertiary/aromatic N) is 3. The zero-order valence-corrected chi connectivity index (χ0v) is 9.91. The number of hydrogen-bond donors (Lipinski definition) is 0. The van der Waals surface area contributed by atoms with Crippen LogP contribution < -0.4 is 0 Å². The summed E-state index contributed by atoms with van der Waals surface area (Å²) in [6.07, 6.45) is 0. The smallest absolute Gasteiger partial charge is 0.232 e. The molecule has 0 spiro atoms. The molecule has 1 aliphatic heterocycles. The van der Waals surface area contributed by atoms with E-state index in [0.29, 0.717) is 5.92 Å². The van der Waals surface area contributed by atoms with Crippen LogP contribution in [0.25, 0.3) is 10.7 Å². The van der Waals surface area contributed by atoms with Gasteiger partial charge in [-0.05, 0) is 18.0 Å². The number of hydrogen-bond acceptors (Lipinski definition) is 5. The van der Waals surface area contributed by atoms with Crippen LogP contribution in [0.5, 0.6) is 0 Å². The number of aromatic nitrogens is 2. The highest BCUT2D eigenvalue weighted by Crippen LogP contribution is 2.28. The Kier molecular flexibility index (Phi) is 2.49. The van der Waals surface area contributed by atoms with Gasteiger partial charge >= 0.3 is 0 Å². The van der Waals surface area contributed by atoms with Crippen LogP contribution in [-0.2, 0) is 0 Å². The third kappa shape index (κ3) is 1.66. The number of likely N-dealkylation sites (tertiary alicyclic amines) is 1. The highest BCUT2D eigenvalue weighted by molar-refractivity contribution is 7.13. The largest absolute Gasteiger partial charge is 0.339 e. The molecule has 5 heteroatoms. The predicted molar refractivity (Wildman–Crippen MR) is 62.5 cm³/mol. The first-order valence-electron chi connectivity index (χ1n) is 5.46. The van der Waals surface area contributed by atoms with Crippen LogP contribution in [0.15, 0.2) is 22.0 Å². The summed E-state index contributed by atoms with van der Waals surface area (Å²) in [5.74, 6) is 1.94. The molecule has 4 nitrogen and oxygen atoms in total. The van der Waals surface area contributed by atoms with Crippen molar-refractivity contribution >= 4 is 11.3 Å². The molecule has 1 aliphatic rings. The summed E-state index contributed by atoms with van der Waals surface area (Å²) in [6.45, 7) is 5.36. The van der Waals surface area contributed by atoms with Crippen molar-refractivity contribution in [2.75, 3.05) is 19.6 Å². The van der Waals surface area contributed by atoms with E-state index >= 15 is 0 Å². The van der Waals surface area contributed by atoms with Gasteiger partial charge in [-0.15, -0.1) is 11.3 Å². The van der Waals surface area contributed by atoms with Gasteiger partial charge < -0.3 is 9.42 Å². The SMILES string of the molecule is CCN1CC(c2nc(-c3cccs3)no2)C1. The fraction of sp³-hybridized carbons (Fsp3) is 0.455. The molecule has 2 aromatic heterocycles. The maximum Gasteiger partial charge on any atom is 0.232 e. The van der Waals surface area contributed by atoms with Gasteiger partial charge in [0.15, 0.2) is 0 Å². The Bertz CT molecular complexity index is 459. The summed E-state index contributed by atoms with van der Waals surface area (Å²) in [4.78, 5) is 7.88. The van der Waals surface area contributed by atoms with Crippen LogP contribution in [0.2, 0.25) is 0 Å². The van der Waals surface area contributed by atoms with Gasteiger partial charge in [0, 0.05) is 13.1 Å². The van der Waals surface area contributed by atoms with E-state index in [9.17, 15) is 0 Å². The van der Waals surface area contributed by atoms with Gasteiger partial charge in [0.05, 0.1) is 10.8 Å². The lowest BCUT2D eigenvalue weighted by molar-refractivity contribution is 0.132. The Hall–Kier alpha value is -1.20. The van der Waals surface area contributed by atoms with E-state index in [0.717, 1.165) is 36.2 Å². The van der Waals surface area contributed by atoms with E-state index in [1.807, 2.05) is 17.5 Å². The lowest BCUT2D eigenvalue weighted by atomic mass is 10.0. The van der Waals surface area contributed by atoms with Gasteiger partial charge in [0.1, 0.15) is 0 Å².